The quantitative estimate of drug-likeness (QED) is 0.556. The first-order valence-electron chi connectivity index (χ1n) is 8.18. The van der Waals surface area contributed by atoms with Gasteiger partial charge in [-0.3, -0.25) is 0 Å². The molecule has 0 unspecified atom stereocenters. The van der Waals surface area contributed by atoms with E-state index in [4.69, 9.17) is 11.6 Å². The third-order valence-corrected chi connectivity index (χ3v) is 4.42. The maximum atomic E-state index is 6.10. The topological polar surface area (TPSA) is 86.3 Å². The number of fused-ring (bicyclic) bond motifs is 1. The number of rotatable bonds is 4. The van der Waals surface area contributed by atoms with Gasteiger partial charge in [0.25, 0.3) is 0 Å². The second-order valence-electron chi connectivity index (χ2n) is 5.88. The Kier molecular flexibility index (Phi) is 4.04. The third-order valence-electron chi connectivity index (χ3n) is 4.25. The van der Waals surface area contributed by atoms with E-state index in [-0.39, 0.29) is 5.28 Å². The van der Waals surface area contributed by atoms with Crippen molar-refractivity contribution in [2.75, 3.05) is 5.32 Å². The maximum absolute atomic E-state index is 6.10. The summed E-state index contributed by atoms with van der Waals surface area (Å²) in [6.45, 7) is 4.70. The Morgan fingerprint density at radius 3 is 2.77 bits per heavy atom. The van der Waals surface area contributed by atoms with E-state index in [0.717, 1.165) is 29.4 Å². The van der Waals surface area contributed by atoms with E-state index in [2.05, 4.69) is 30.5 Å². The SMILES string of the molecule is CCn1cnc2c(Nc3cccc(-c4nnc(C)n4C)c3)nc(Cl)nc21. The van der Waals surface area contributed by atoms with Crippen molar-refractivity contribution in [2.45, 2.75) is 20.4 Å². The van der Waals surface area contributed by atoms with Crippen LogP contribution in [0.5, 0.6) is 0 Å². The molecule has 0 saturated heterocycles. The smallest absolute Gasteiger partial charge is 0.226 e. The Labute approximate surface area is 154 Å². The van der Waals surface area contributed by atoms with Crippen molar-refractivity contribution < 1.29 is 0 Å². The number of nitrogens with one attached hydrogen (secondary N) is 1. The molecular weight excluding hydrogens is 352 g/mol. The molecule has 26 heavy (non-hydrogen) atoms. The first-order valence-corrected chi connectivity index (χ1v) is 8.56. The molecule has 4 rings (SSSR count). The molecule has 9 heteroatoms. The molecule has 1 aromatic carbocycles. The molecule has 4 aromatic rings. The van der Waals surface area contributed by atoms with E-state index in [0.29, 0.717) is 17.0 Å². The van der Waals surface area contributed by atoms with E-state index in [1.54, 1.807) is 6.33 Å². The van der Waals surface area contributed by atoms with Crippen LogP contribution in [0.1, 0.15) is 12.7 Å². The Morgan fingerprint density at radius 1 is 1.19 bits per heavy atom. The van der Waals surface area contributed by atoms with Crippen molar-refractivity contribution in [2.24, 2.45) is 7.05 Å². The number of halogens is 1. The molecule has 0 aliphatic rings. The molecule has 0 bridgehead atoms. The summed E-state index contributed by atoms with van der Waals surface area (Å²) in [6.07, 6.45) is 1.74. The fourth-order valence-corrected chi connectivity index (χ4v) is 2.93. The van der Waals surface area contributed by atoms with Crippen LogP contribution in [-0.4, -0.2) is 34.3 Å². The van der Waals surface area contributed by atoms with Crippen molar-refractivity contribution in [1.29, 1.82) is 0 Å². The van der Waals surface area contributed by atoms with E-state index in [1.165, 1.54) is 0 Å². The zero-order chi connectivity index (χ0) is 18.3. The summed E-state index contributed by atoms with van der Waals surface area (Å²) >= 11 is 6.10. The number of hydrogen-bond acceptors (Lipinski definition) is 6. The molecule has 132 valence electrons. The lowest BCUT2D eigenvalue weighted by atomic mass is 10.2. The molecule has 3 aromatic heterocycles. The van der Waals surface area contributed by atoms with Crippen molar-refractivity contribution in [3.05, 3.63) is 41.7 Å². The Hall–Kier alpha value is -3.00. The Morgan fingerprint density at radius 2 is 2.04 bits per heavy atom. The largest absolute Gasteiger partial charge is 0.338 e. The molecule has 0 aliphatic heterocycles. The molecule has 0 spiro atoms. The van der Waals surface area contributed by atoms with Crippen LogP contribution in [-0.2, 0) is 13.6 Å². The molecule has 0 fully saturated rings. The van der Waals surface area contributed by atoms with Crippen molar-refractivity contribution in [1.82, 2.24) is 34.3 Å². The van der Waals surface area contributed by atoms with E-state index >= 15 is 0 Å². The summed E-state index contributed by atoms with van der Waals surface area (Å²) in [4.78, 5) is 13.0. The lowest BCUT2D eigenvalue weighted by Crippen LogP contribution is -2.00. The monoisotopic (exact) mass is 368 g/mol. The zero-order valence-corrected chi connectivity index (χ0v) is 15.4. The molecular formula is C17H17ClN8. The predicted molar refractivity (Wildman–Crippen MR) is 100 cm³/mol. The first kappa shape index (κ1) is 16.5. The molecule has 8 nitrogen and oxygen atoms in total. The van der Waals surface area contributed by atoms with Gasteiger partial charge in [-0.15, -0.1) is 10.2 Å². The van der Waals surface area contributed by atoms with E-state index in [9.17, 15) is 0 Å². The predicted octanol–water partition coefficient (Wildman–Crippen LogP) is 3.35. The summed E-state index contributed by atoms with van der Waals surface area (Å²) in [7, 11) is 1.94. The van der Waals surface area contributed by atoms with Gasteiger partial charge in [-0.2, -0.15) is 9.97 Å². The number of hydrogen-bond donors (Lipinski definition) is 1. The fourth-order valence-electron chi connectivity index (χ4n) is 2.77. The summed E-state index contributed by atoms with van der Waals surface area (Å²) < 4.78 is 3.87. The van der Waals surface area contributed by atoms with Crippen LogP contribution in [0.25, 0.3) is 22.6 Å². The number of anilines is 2. The highest BCUT2D eigenvalue weighted by Crippen LogP contribution is 2.27. The van der Waals surface area contributed by atoms with Crippen LogP contribution in [0.15, 0.2) is 30.6 Å². The number of nitrogens with zero attached hydrogens (tertiary/aromatic N) is 7. The van der Waals surface area contributed by atoms with Gasteiger partial charge in [-0.25, -0.2) is 4.98 Å². The van der Waals surface area contributed by atoms with Gasteiger partial charge in [0, 0.05) is 24.8 Å². The average molecular weight is 369 g/mol. The van der Waals surface area contributed by atoms with Crippen LogP contribution in [0.2, 0.25) is 5.28 Å². The molecule has 0 atom stereocenters. The minimum Gasteiger partial charge on any atom is -0.338 e. The number of benzene rings is 1. The fraction of sp³-hybridized carbons (Fsp3) is 0.235. The maximum Gasteiger partial charge on any atom is 0.226 e. The molecule has 0 amide bonds. The van der Waals surface area contributed by atoms with Gasteiger partial charge in [-0.05, 0) is 37.6 Å². The molecule has 3 heterocycles. The van der Waals surface area contributed by atoms with Gasteiger partial charge in [0.15, 0.2) is 22.8 Å². The van der Waals surface area contributed by atoms with Crippen molar-refractivity contribution in [3.8, 4) is 11.4 Å². The van der Waals surface area contributed by atoms with Gasteiger partial charge >= 0.3 is 0 Å². The summed E-state index contributed by atoms with van der Waals surface area (Å²) in [5.74, 6) is 2.22. The van der Waals surface area contributed by atoms with E-state index < -0.39 is 0 Å². The lowest BCUT2D eigenvalue weighted by Gasteiger charge is -2.09. The number of aromatic nitrogens is 7. The Bertz CT molecular complexity index is 1100. The number of aryl methyl sites for hydroxylation is 2. The summed E-state index contributed by atoms with van der Waals surface area (Å²) in [5.41, 5.74) is 3.19. The van der Waals surface area contributed by atoms with Crippen molar-refractivity contribution in [3.63, 3.8) is 0 Å². The van der Waals surface area contributed by atoms with Crippen LogP contribution in [0.4, 0.5) is 11.5 Å². The highest BCUT2D eigenvalue weighted by Gasteiger charge is 2.13. The molecule has 0 saturated carbocycles. The molecule has 0 radical (unpaired) electrons. The normalized spacial score (nSPS) is 11.2. The van der Waals surface area contributed by atoms with Gasteiger partial charge in [0.05, 0.1) is 6.33 Å². The lowest BCUT2D eigenvalue weighted by molar-refractivity contribution is 0.777. The second kappa shape index (κ2) is 6.38. The first-order chi connectivity index (χ1) is 12.6. The van der Waals surface area contributed by atoms with Gasteiger partial charge < -0.3 is 14.5 Å². The van der Waals surface area contributed by atoms with Gasteiger partial charge in [0.1, 0.15) is 5.82 Å². The Balaban J connectivity index is 1.74. The van der Waals surface area contributed by atoms with Crippen LogP contribution in [0, 0.1) is 6.92 Å². The molecule has 0 aliphatic carbocycles. The van der Waals surface area contributed by atoms with E-state index in [1.807, 2.05) is 54.3 Å². The number of imidazole rings is 1. The molecule has 1 N–H and O–H groups in total. The highest BCUT2D eigenvalue weighted by molar-refractivity contribution is 6.28. The second-order valence-corrected chi connectivity index (χ2v) is 6.22. The third kappa shape index (κ3) is 2.78. The van der Waals surface area contributed by atoms with Crippen LogP contribution in [0.3, 0.4) is 0 Å². The minimum atomic E-state index is 0.176. The zero-order valence-electron chi connectivity index (χ0n) is 14.6. The van der Waals surface area contributed by atoms with Gasteiger partial charge in [-0.1, -0.05) is 12.1 Å². The minimum absolute atomic E-state index is 0.176. The van der Waals surface area contributed by atoms with Crippen LogP contribution < -0.4 is 5.32 Å². The highest BCUT2D eigenvalue weighted by atomic mass is 35.5. The van der Waals surface area contributed by atoms with Crippen molar-refractivity contribution >= 4 is 34.3 Å². The summed E-state index contributed by atoms with van der Waals surface area (Å²) in [6, 6.07) is 7.88. The average Bonchev–Trinajstić information content (AvgIpc) is 3.19. The van der Waals surface area contributed by atoms with Gasteiger partial charge in [0.2, 0.25) is 5.28 Å². The summed E-state index contributed by atoms with van der Waals surface area (Å²) in [5, 5.41) is 11.8. The standard InChI is InChI=1S/C17H17ClN8/c1-4-26-9-19-13-14(21-17(18)22-16(13)26)20-12-7-5-6-11(8-12)15-24-23-10(2)25(15)3/h5-9H,4H2,1-3H3,(H,20,21,22). The van der Waals surface area contributed by atoms with Crippen LogP contribution >= 0.6 is 11.6 Å².